The summed E-state index contributed by atoms with van der Waals surface area (Å²) < 4.78 is 0. The molecule has 1 rings (SSSR count). The minimum atomic E-state index is 0.534. The molecule has 74 valence electrons. The van der Waals surface area contributed by atoms with Crippen molar-refractivity contribution < 1.29 is 0 Å². The van der Waals surface area contributed by atoms with Gasteiger partial charge in [-0.1, -0.05) is 13.8 Å². The molecule has 1 nitrogen and oxygen atoms in total. The van der Waals surface area contributed by atoms with Gasteiger partial charge in [0.1, 0.15) is 0 Å². The summed E-state index contributed by atoms with van der Waals surface area (Å²) in [6.45, 7) is 6.82. The van der Waals surface area contributed by atoms with Crippen LogP contribution in [0.15, 0.2) is 0 Å². The van der Waals surface area contributed by atoms with Gasteiger partial charge < -0.3 is 4.90 Å². The van der Waals surface area contributed by atoms with Crippen LogP contribution in [0.4, 0.5) is 0 Å². The van der Waals surface area contributed by atoms with Crippen LogP contribution in [0.3, 0.4) is 0 Å². The molecule has 0 atom stereocenters. The van der Waals surface area contributed by atoms with Crippen LogP contribution < -0.4 is 0 Å². The highest BCUT2D eigenvalue weighted by atomic mass is 15.1. The molecule has 0 N–H and O–H groups in total. The Labute approximate surface area is 82.5 Å². The number of rotatable bonds is 1. The molecule has 0 amide bonds. The van der Waals surface area contributed by atoms with E-state index >= 15 is 0 Å². The molecule has 1 aliphatic rings. The summed E-state index contributed by atoms with van der Waals surface area (Å²) >= 11 is 0. The Kier molecular flexibility index (Phi) is 4.32. The molecule has 0 saturated carbocycles. The van der Waals surface area contributed by atoms with Crippen molar-refractivity contribution in [1.29, 1.82) is 0 Å². The maximum absolute atomic E-state index is 3.30. The maximum Gasteiger partial charge on any atom is 0.0146 e. The lowest BCUT2D eigenvalue weighted by molar-refractivity contribution is 0.222. The second-order valence-corrected chi connectivity index (χ2v) is 4.43. The van der Waals surface area contributed by atoms with Crippen LogP contribution in [0.25, 0.3) is 0 Å². The number of hydrogen-bond donors (Lipinski definition) is 0. The van der Waals surface area contributed by atoms with Crippen molar-refractivity contribution in [2.75, 3.05) is 20.1 Å². The van der Waals surface area contributed by atoms with Gasteiger partial charge in [0.2, 0.25) is 0 Å². The Hall–Kier alpha value is -0.480. The highest BCUT2D eigenvalue weighted by Gasteiger charge is 2.14. The van der Waals surface area contributed by atoms with E-state index in [1.807, 2.05) is 0 Å². The van der Waals surface area contributed by atoms with Gasteiger partial charge in [0.05, 0.1) is 0 Å². The van der Waals surface area contributed by atoms with Crippen molar-refractivity contribution in [1.82, 2.24) is 4.90 Å². The fraction of sp³-hybridized carbons (Fsp3) is 0.833. The lowest BCUT2D eigenvalue weighted by atomic mass is 9.94. The van der Waals surface area contributed by atoms with E-state index in [-0.39, 0.29) is 0 Å². The lowest BCUT2D eigenvalue weighted by Crippen LogP contribution is -2.29. The van der Waals surface area contributed by atoms with Gasteiger partial charge in [-0.2, -0.15) is 0 Å². The van der Waals surface area contributed by atoms with Crippen molar-refractivity contribution in [3.05, 3.63) is 0 Å². The van der Waals surface area contributed by atoms with Gasteiger partial charge >= 0.3 is 0 Å². The van der Waals surface area contributed by atoms with Crippen molar-refractivity contribution >= 4 is 0 Å². The van der Waals surface area contributed by atoms with E-state index < -0.39 is 0 Å². The average Bonchev–Trinajstić information content (AvgIpc) is 2.08. The van der Waals surface area contributed by atoms with E-state index in [2.05, 4.69) is 37.6 Å². The number of likely N-dealkylation sites (tertiary alicyclic amines) is 1. The fourth-order valence-electron chi connectivity index (χ4n) is 1.67. The fourth-order valence-corrected chi connectivity index (χ4v) is 1.67. The standard InChI is InChI=1S/C12H21N/c1-11(2)5-4-6-12-7-9-13(3)10-8-12/h11-12H,6-10H2,1-3H3. The van der Waals surface area contributed by atoms with Crippen LogP contribution in [0, 0.1) is 23.7 Å². The van der Waals surface area contributed by atoms with E-state index in [1.54, 1.807) is 0 Å². The molecule has 1 heteroatoms. The molecule has 1 saturated heterocycles. The first-order valence-corrected chi connectivity index (χ1v) is 5.35. The smallest absolute Gasteiger partial charge is 0.0146 e. The third-order valence-corrected chi connectivity index (χ3v) is 2.62. The quantitative estimate of drug-likeness (QED) is 0.559. The molecule has 1 fully saturated rings. The summed E-state index contributed by atoms with van der Waals surface area (Å²) in [5, 5.41) is 0. The molecular formula is C12H21N. The van der Waals surface area contributed by atoms with Crippen LogP contribution in [0.2, 0.25) is 0 Å². The Morgan fingerprint density at radius 2 is 1.92 bits per heavy atom. The molecule has 0 aliphatic carbocycles. The van der Waals surface area contributed by atoms with Crippen molar-refractivity contribution in [3.8, 4) is 11.8 Å². The zero-order valence-electron chi connectivity index (χ0n) is 9.14. The van der Waals surface area contributed by atoms with Crippen molar-refractivity contribution in [2.24, 2.45) is 11.8 Å². The molecule has 0 aromatic carbocycles. The second-order valence-electron chi connectivity index (χ2n) is 4.43. The Morgan fingerprint density at radius 3 is 2.46 bits per heavy atom. The first kappa shape index (κ1) is 10.6. The van der Waals surface area contributed by atoms with Crippen molar-refractivity contribution in [3.63, 3.8) is 0 Å². The SMILES string of the molecule is CC(C)C#CCC1CCN(C)CC1. The van der Waals surface area contributed by atoms with E-state index in [4.69, 9.17) is 0 Å². The first-order valence-electron chi connectivity index (χ1n) is 5.35. The molecule has 13 heavy (non-hydrogen) atoms. The summed E-state index contributed by atoms with van der Waals surface area (Å²) in [7, 11) is 2.20. The van der Waals surface area contributed by atoms with Crippen LogP contribution >= 0.6 is 0 Å². The van der Waals surface area contributed by atoms with Gasteiger partial charge in [0.15, 0.2) is 0 Å². The molecule has 1 aliphatic heterocycles. The predicted molar refractivity (Wildman–Crippen MR) is 57.5 cm³/mol. The predicted octanol–water partition coefficient (Wildman–Crippen LogP) is 2.38. The average molecular weight is 179 g/mol. The first-order chi connectivity index (χ1) is 6.18. The van der Waals surface area contributed by atoms with E-state index in [0.717, 1.165) is 12.3 Å². The van der Waals surface area contributed by atoms with Gasteiger partial charge in [-0.05, 0) is 38.9 Å². The van der Waals surface area contributed by atoms with Crippen molar-refractivity contribution in [2.45, 2.75) is 33.1 Å². The molecule has 0 radical (unpaired) electrons. The summed E-state index contributed by atoms with van der Waals surface area (Å²) in [4.78, 5) is 2.41. The zero-order chi connectivity index (χ0) is 9.68. The third-order valence-electron chi connectivity index (χ3n) is 2.62. The third kappa shape index (κ3) is 4.33. The summed E-state index contributed by atoms with van der Waals surface area (Å²) in [5.74, 6) is 7.94. The van der Waals surface area contributed by atoms with Crippen LogP contribution in [-0.2, 0) is 0 Å². The molecular weight excluding hydrogens is 158 g/mol. The van der Waals surface area contributed by atoms with E-state index in [1.165, 1.54) is 25.9 Å². The Bertz CT molecular complexity index is 189. The van der Waals surface area contributed by atoms with E-state index in [9.17, 15) is 0 Å². The van der Waals surface area contributed by atoms with Gasteiger partial charge in [-0.25, -0.2) is 0 Å². The molecule has 0 aromatic rings. The molecule has 0 aromatic heterocycles. The van der Waals surface area contributed by atoms with Gasteiger partial charge in [0, 0.05) is 12.3 Å². The largest absolute Gasteiger partial charge is 0.306 e. The summed E-state index contributed by atoms with van der Waals surface area (Å²) in [6, 6.07) is 0. The summed E-state index contributed by atoms with van der Waals surface area (Å²) in [5.41, 5.74) is 0. The summed E-state index contributed by atoms with van der Waals surface area (Å²) in [6.07, 6.45) is 3.79. The molecule has 0 spiro atoms. The van der Waals surface area contributed by atoms with Crippen LogP contribution in [-0.4, -0.2) is 25.0 Å². The van der Waals surface area contributed by atoms with E-state index in [0.29, 0.717) is 5.92 Å². The van der Waals surface area contributed by atoms with Crippen LogP contribution in [0.5, 0.6) is 0 Å². The second kappa shape index (κ2) is 5.29. The number of nitrogens with zero attached hydrogens (tertiary/aromatic N) is 1. The maximum atomic E-state index is 3.30. The normalized spacial score (nSPS) is 20.0. The van der Waals surface area contributed by atoms with Crippen LogP contribution in [0.1, 0.15) is 33.1 Å². The Balaban J connectivity index is 2.20. The highest BCUT2D eigenvalue weighted by Crippen LogP contribution is 2.18. The van der Waals surface area contributed by atoms with Gasteiger partial charge in [-0.15, -0.1) is 11.8 Å². The minimum absolute atomic E-state index is 0.534. The molecule has 1 heterocycles. The highest BCUT2D eigenvalue weighted by molar-refractivity contribution is 5.02. The molecule has 0 bridgehead atoms. The lowest BCUT2D eigenvalue weighted by Gasteiger charge is -2.27. The Morgan fingerprint density at radius 1 is 1.31 bits per heavy atom. The topological polar surface area (TPSA) is 3.24 Å². The number of piperidine rings is 1. The number of hydrogen-bond acceptors (Lipinski definition) is 1. The van der Waals surface area contributed by atoms with Gasteiger partial charge in [0.25, 0.3) is 0 Å². The monoisotopic (exact) mass is 179 g/mol. The van der Waals surface area contributed by atoms with Gasteiger partial charge in [-0.3, -0.25) is 0 Å². The molecule has 0 unspecified atom stereocenters. The zero-order valence-corrected chi connectivity index (χ0v) is 9.14. The minimum Gasteiger partial charge on any atom is -0.306 e.